The first-order valence-electron chi connectivity index (χ1n) is 7.63. The topological polar surface area (TPSA) is 120 Å². The van der Waals surface area contributed by atoms with Crippen LogP contribution in [0.15, 0.2) is 18.2 Å². The Morgan fingerprint density at radius 1 is 1.28 bits per heavy atom. The van der Waals surface area contributed by atoms with Crippen molar-refractivity contribution in [3.8, 4) is 0 Å². The number of benzene rings is 1. The minimum atomic E-state index is -0.810. The Morgan fingerprint density at radius 3 is 2.52 bits per heavy atom. The third-order valence-electron chi connectivity index (χ3n) is 2.90. The summed E-state index contributed by atoms with van der Waals surface area (Å²) in [6.07, 6.45) is 0. The lowest BCUT2D eigenvalue weighted by atomic mass is 10.1. The van der Waals surface area contributed by atoms with Crippen LogP contribution >= 0.6 is 0 Å². The molecule has 9 heteroatoms. The number of anilines is 1. The second-order valence-electron chi connectivity index (χ2n) is 6.28. The van der Waals surface area contributed by atoms with Crippen LogP contribution in [0, 0.1) is 10.1 Å². The minimum Gasteiger partial charge on any atom is -0.452 e. The van der Waals surface area contributed by atoms with Crippen LogP contribution in [0.4, 0.5) is 11.4 Å². The number of nitro groups is 1. The number of esters is 1. The highest BCUT2D eigenvalue weighted by molar-refractivity contribution is 5.93. The van der Waals surface area contributed by atoms with E-state index in [1.807, 2.05) is 0 Å². The van der Waals surface area contributed by atoms with Gasteiger partial charge < -0.3 is 20.1 Å². The van der Waals surface area contributed by atoms with Crippen LogP contribution < -0.4 is 10.6 Å². The van der Waals surface area contributed by atoms with Crippen LogP contribution in [0.1, 0.15) is 31.1 Å². The van der Waals surface area contributed by atoms with Gasteiger partial charge >= 0.3 is 5.97 Å². The number of hydrogen-bond acceptors (Lipinski definition) is 7. The number of carbonyl (C=O) groups is 2. The molecule has 1 rings (SSSR count). The largest absolute Gasteiger partial charge is 0.452 e. The van der Waals surface area contributed by atoms with Gasteiger partial charge in [-0.2, -0.15) is 0 Å². The van der Waals surface area contributed by atoms with E-state index in [2.05, 4.69) is 10.6 Å². The molecule has 0 atom stereocenters. The summed E-state index contributed by atoms with van der Waals surface area (Å²) in [4.78, 5) is 34.2. The van der Waals surface area contributed by atoms with Crippen LogP contribution in [0.5, 0.6) is 0 Å². The molecule has 0 bridgehead atoms. The van der Waals surface area contributed by atoms with E-state index >= 15 is 0 Å². The van der Waals surface area contributed by atoms with Gasteiger partial charge in [0.1, 0.15) is 5.69 Å². The molecular formula is C16H23N3O6. The Bertz CT molecular complexity index is 639. The monoisotopic (exact) mass is 353 g/mol. The summed E-state index contributed by atoms with van der Waals surface area (Å²) < 4.78 is 9.77. The normalized spacial score (nSPS) is 10.9. The molecular weight excluding hydrogens is 330 g/mol. The quantitative estimate of drug-likeness (QED) is 0.316. The molecule has 0 aromatic heterocycles. The molecule has 0 spiro atoms. The van der Waals surface area contributed by atoms with E-state index in [1.54, 1.807) is 20.8 Å². The number of hydrogen-bond donors (Lipinski definition) is 2. The van der Waals surface area contributed by atoms with Crippen molar-refractivity contribution in [1.29, 1.82) is 0 Å². The van der Waals surface area contributed by atoms with E-state index in [0.717, 1.165) is 6.07 Å². The standard InChI is InChI=1S/C16H23N3O6/c1-16(2,3)18-14(20)10-25-15(21)11-5-6-12(17-7-8-24-4)13(9-11)19(22)23/h5-6,9,17H,7-8,10H2,1-4H3,(H,18,20). The predicted octanol–water partition coefficient (Wildman–Crippen LogP) is 1.72. The lowest BCUT2D eigenvalue weighted by Crippen LogP contribution is -2.42. The molecule has 0 saturated heterocycles. The van der Waals surface area contributed by atoms with Gasteiger partial charge in [0.05, 0.1) is 17.1 Å². The van der Waals surface area contributed by atoms with Gasteiger partial charge in [0, 0.05) is 25.3 Å². The third-order valence-corrected chi connectivity index (χ3v) is 2.90. The minimum absolute atomic E-state index is 0.00690. The first-order valence-corrected chi connectivity index (χ1v) is 7.63. The zero-order valence-corrected chi connectivity index (χ0v) is 14.8. The van der Waals surface area contributed by atoms with E-state index in [4.69, 9.17) is 9.47 Å². The molecule has 25 heavy (non-hydrogen) atoms. The first-order chi connectivity index (χ1) is 11.6. The van der Waals surface area contributed by atoms with Crippen molar-refractivity contribution in [1.82, 2.24) is 5.32 Å². The number of nitro benzene ring substituents is 1. The van der Waals surface area contributed by atoms with Crippen LogP contribution in [0.25, 0.3) is 0 Å². The summed E-state index contributed by atoms with van der Waals surface area (Å²) in [6.45, 7) is 5.69. The van der Waals surface area contributed by atoms with Crippen LogP contribution in [0.3, 0.4) is 0 Å². The molecule has 9 nitrogen and oxygen atoms in total. The van der Waals surface area contributed by atoms with E-state index < -0.39 is 28.9 Å². The zero-order chi connectivity index (χ0) is 19.0. The number of rotatable bonds is 8. The summed E-state index contributed by atoms with van der Waals surface area (Å²) >= 11 is 0. The molecule has 0 fully saturated rings. The van der Waals surface area contributed by atoms with E-state index in [0.29, 0.717) is 13.2 Å². The molecule has 1 aromatic rings. The summed E-state index contributed by atoms with van der Waals surface area (Å²) in [5, 5.41) is 16.7. The van der Waals surface area contributed by atoms with Gasteiger partial charge in [-0.1, -0.05) is 0 Å². The molecule has 0 unspecified atom stereocenters. The summed E-state index contributed by atoms with van der Waals surface area (Å²) in [6, 6.07) is 3.92. The number of carbonyl (C=O) groups excluding carboxylic acids is 2. The van der Waals surface area contributed by atoms with Crippen LogP contribution in [-0.2, 0) is 14.3 Å². The van der Waals surface area contributed by atoms with E-state index in [-0.39, 0.29) is 16.9 Å². The Morgan fingerprint density at radius 2 is 1.96 bits per heavy atom. The maximum Gasteiger partial charge on any atom is 0.338 e. The lowest BCUT2D eigenvalue weighted by Gasteiger charge is -2.20. The summed E-state index contributed by atoms with van der Waals surface area (Å²) in [5.74, 6) is -1.26. The Labute approximate surface area is 145 Å². The van der Waals surface area contributed by atoms with E-state index in [1.165, 1.54) is 19.2 Å². The smallest absolute Gasteiger partial charge is 0.338 e. The first kappa shape index (κ1) is 20.4. The van der Waals surface area contributed by atoms with Crippen molar-refractivity contribution >= 4 is 23.3 Å². The molecule has 0 aliphatic heterocycles. The molecule has 0 radical (unpaired) electrons. The molecule has 0 saturated carbocycles. The van der Waals surface area contributed by atoms with Gasteiger partial charge in [-0.25, -0.2) is 4.79 Å². The molecule has 1 aromatic carbocycles. The average Bonchev–Trinajstić information content (AvgIpc) is 2.51. The highest BCUT2D eigenvalue weighted by atomic mass is 16.6. The molecule has 0 aliphatic carbocycles. The van der Waals surface area contributed by atoms with Crippen molar-refractivity contribution < 1.29 is 24.0 Å². The SMILES string of the molecule is COCCNc1ccc(C(=O)OCC(=O)NC(C)(C)C)cc1[N+](=O)[O-]. The fourth-order valence-corrected chi connectivity index (χ4v) is 1.92. The molecule has 0 heterocycles. The highest BCUT2D eigenvalue weighted by Gasteiger charge is 2.20. The number of methoxy groups -OCH3 is 1. The van der Waals surface area contributed by atoms with Gasteiger partial charge in [-0.15, -0.1) is 0 Å². The van der Waals surface area contributed by atoms with Gasteiger partial charge in [0.15, 0.2) is 6.61 Å². The fraction of sp³-hybridized carbons (Fsp3) is 0.500. The number of nitrogens with one attached hydrogen (secondary N) is 2. The summed E-state index contributed by atoms with van der Waals surface area (Å²) in [7, 11) is 1.52. The van der Waals surface area contributed by atoms with Gasteiger partial charge in [-0.3, -0.25) is 14.9 Å². The maximum atomic E-state index is 12.0. The molecule has 1 amide bonds. The van der Waals surface area contributed by atoms with Crippen LogP contribution in [-0.4, -0.2) is 49.2 Å². The Hall–Kier alpha value is -2.68. The third kappa shape index (κ3) is 7.17. The van der Waals surface area contributed by atoms with Gasteiger partial charge in [0.2, 0.25) is 0 Å². The number of nitrogens with zero attached hydrogens (tertiary/aromatic N) is 1. The lowest BCUT2D eigenvalue weighted by molar-refractivity contribution is -0.384. The summed E-state index contributed by atoms with van der Waals surface area (Å²) in [5.41, 5.74) is -0.445. The van der Waals surface area contributed by atoms with Gasteiger partial charge in [-0.05, 0) is 32.9 Å². The van der Waals surface area contributed by atoms with Crippen molar-refractivity contribution in [3.63, 3.8) is 0 Å². The average molecular weight is 353 g/mol. The van der Waals surface area contributed by atoms with Crippen molar-refractivity contribution in [2.24, 2.45) is 0 Å². The number of ether oxygens (including phenoxy) is 2. The maximum absolute atomic E-state index is 12.0. The van der Waals surface area contributed by atoms with E-state index in [9.17, 15) is 19.7 Å². The van der Waals surface area contributed by atoms with Crippen LogP contribution in [0.2, 0.25) is 0 Å². The van der Waals surface area contributed by atoms with Crippen molar-refractivity contribution in [3.05, 3.63) is 33.9 Å². The van der Waals surface area contributed by atoms with Crippen molar-refractivity contribution in [2.45, 2.75) is 26.3 Å². The highest BCUT2D eigenvalue weighted by Crippen LogP contribution is 2.25. The Balaban J connectivity index is 2.77. The molecule has 2 N–H and O–H groups in total. The van der Waals surface area contributed by atoms with Crippen molar-refractivity contribution in [2.75, 3.05) is 32.2 Å². The second kappa shape index (κ2) is 8.97. The fourth-order valence-electron chi connectivity index (χ4n) is 1.92. The number of amides is 1. The Kier molecular flexibility index (Phi) is 7.31. The second-order valence-corrected chi connectivity index (χ2v) is 6.28. The molecule has 138 valence electrons. The zero-order valence-electron chi connectivity index (χ0n) is 14.8. The molecule has 0 aliphatic rings. The van der Waals surface area contributed by atoms with Gasteiger partial charge in [0.25, 0.3) is 11.6 Å². The predicted molar refractivity (Wildman–Crippen MR) is 91.6 cm³/mol.